The Balaban J connectivity index is 1.79. The standard InChI is InChI=1S/C19H10Br2N2O4S/c20-10-3-1-9(2-4-10)14(24)8-23-18(26)16(28-19(23)27)15-12-7-11(21)5-6-13(12)22-17(15)25/h1-7,26H,8H2. The molecule has 9 heteroatoms. The van der Waals surface area contributed by atoms with Gasteiger partial charge in [-0.2, -0.15) is 0 Å². The molecular formula is C19H10Br2N2O4S. The molecule has 0 spiro atoms. The van der Waals surface area contributed by atoms with Crippen molar-refractivity contribution in [3.63, 3.8) is 0 Å². The summed E-state index contributed by atoms with van der Waals surface area (Å²) in [6.45, 7) is -0.327. The van der Waals surface area contributed by atoms with Crippen LogP contribution in [0, 0.1) is 0 Å². The van der Waals surface area contributed by atoms with Gasteiger partial charge in [-0.15, -0.1) is 0 Å². The first-order valence-electron chi connectivity index (χ1n) is 8.00. The van der Waals surface area contributed by atoms with Crippen LogP contribution in [0.25, 0.3) is 5.57 Å². The largest absolute Gasteiger partial charge is 0.493 e. The molecule has 3 aromatic rings. The number of rotatable bonds is 4. The number of amides is 1. The lowest BCUT2D eigenvalue weighted by atomic mass is 10.1. The Morgan fingerprint density at radius 2 is 1.75 bits per heavy atom. The number of hydrogen-bond acceptors (Lipinski definition) is 5. The van der Waals surface area contributed by atoms with Crippen LogP contribution in [0.15, 0.2) is 61.2 Å². The highest BCUT2D eigenvalue weighted by atomic mass is 79.9. The number of aromatic nitrogens is 1. The van der Waals surface area contributed by atoms with Crippen molar-refractivity contribution in [1.29, 1.82) is 0 Å². The van der Waals surface area contributed by atoms with Gasteiger partial charge in [0.05, 0.1) is 17.5 Å². The van der Waals surface area contributed by atoms with E-state index in [1.54, 1.807) is 42.5 Å². The maximum absolute atomic E-state index is 12.5. The first-order valence-corrected chi connectivity index (χ1v) is 10.4. The molecule has 1 amide bonds. The summed E-state index contributed by atoms with van der Waals surface area (Å²) in [4.78, 5) is 40.8. The van der Waals surface area contributed by atoms with E-state index in [4.69, 9.17) is 0 Å². The maximum Gasteiger partial charge on any atom is 0.311 e. The van der Waals surface area contributed by atoms with Gasteiger partial charge in [-0.1, -0.05) is 55.3 Å². The van der Waals surface area contributed by atoms with Crippen molar-refractivity contribution < 1.29 is 14.7 Å². The Labute approximate surface area is 178 Å². The Kier molecular flexibility index (Phi) is 4.90. The van der Waals surface area contributed by atoms with Gasteiger partial charge >= 0.3 is 4.87 Å². The van der Waals surface area contributed by atoms with Gasteiger partial charge in [-0.3, -0.25) is 19.0 Å². The van der Waals surface area contributed by atoms with E-state index < -0.39 is 16.7 Å². The topological polar surface area (TPSA) is 88.7 Å². The van der Waals surface area contributed by atoms with E-state index in [9.17, 15) is 19.5 Å². The Bertz CT molecular complexity index is 1320. The summed E-state index contributed by atoms with van der Waals surface area (Å²) in [6.07, 6.45) is 0. The van der Waals surface area contributed by atoms with Gasteiger partial charge in [0.2, 0.25) is 5.88 Å². The fourth-order valence-electron chi connectivity index (χ4n) is 2.88. The van der Waals surface area contributed by atoms with Crippen LogP contribution in [0.2, 0.25) is 0 Å². The molecule has 0 radical (unpaired) electrons. The van der Waals surface area contributed by atoms with Crippen molar-refractivity contribution in [2.75, 3.05) is 0 Å². The molecular weight excluding hydrogens is 512 g/mol. The molecule has 140 valence electrons. The number of halogens is 2. The molecule has 1 N–H and O–H groups in total. The van der Waals surface area contributed by atoms with E-state index in [2.05, 4.69) is 36.9 Å². The monoisotopic (exact) mass is 520 g/mol. The summed E-state index contributed by atoms with van der Waals surface area (Å²) in [6, 6.07) is 11.8. The number of Topliss-reactive ketones (excluding diaryl/α,β-unsaturated/α-hetero) is 1. The Morgan fingerprint density at radius 1 is 1.07 bits per heavy atom. The van der Waals surface area contributed by atoms with Crippen LogP contribution in [-0.2, 0) is 11.3 Å². The van der Waals surface area contributed by atoms with Crippen LogP contribution in [0.3, 0.4) is 0 Å². The van der Waals surface area contributed by atoms with Crippen LogP contribution >= 0.6 is 43.2 Å². The number of carbonyl (C=O) groups excluding carboxylic acids is 2. The molecule has 0 aliphatic carbocycles. The summed E-state index contributed by atoms with van der Waals surface area (Å²) >= 11 is 7.36. The molecule has 1 aromatic heterocycles. The van der Waals surface area contributed by atoms with Crippen molar-refractivity contribution in [3.8, 4) is 5.88 Å². The van der Waals surface area contributed by atoms with Gasteiger partial charge in [0.1, 0.15) is 4.88 Å². The molecule has 28 heavy (non-hydrogen) atoms. The second kappa shape index (κ2) is 7.23. The van der Waals surface area contributed by atoms with E-state index in [-0.39, 0.29) is 22.8 Å². The zero-order valence-electron chi connectivity index (χ0n) is 14.0. The molecule has 0 saturated heterocycles. The number of benzene rings is 2. The molecule has 1 aliphatic rings. The maximum atomic E-state index is 12.5. The molecule has 1 aliphatic heterocycles. The van der Waals surface area contributed by atoms with E-state index in [0.717, 1.165) is 13.5 Å². The molecule has 0 unspecified atom stereocenters. The first-order chi connectivity index (χ1) is 13.3. The number of fused-ring (bicyclic) bond motifs is 1. The second-order valence-electron chi connectivity index (χ2n) is 5.99. The van der Waals surface area contributed by atoms with E-state index >= 15 is 0 Å². The highest BCUT2D eigenvalue weighted by Crippen LogP contribution is 2.28. The van der Waals surface area contributed by atoms with Gasteiger partial charge in [-0.05, 0) is 30.3 Å². The smallest absolute Gasteiger partial charge is 0.311 e. The number of ketones is 1. The Morgan fingerprint density at radius 3 is 2.46 bits per heavy atom. The van der Waals surface area contributed by atoms with Crippen molar-refractivity contribution in [2.45, 2.75) is 6.54 Å². The summed E-state index contributed by atoms with van der Waals surface area (Å²) in [5.41, 5.74) is 0.571. The number of carbonyl (C=O) groups is 2. The first kappa shape index (κ1) is 19.0. The van der Waals surface area contributed by atoms with Crippen LogP contribution in [0.1, 0.15) is 15.2 Å². The fourth-order valence-corrected chi connectivity index (χ4v) is 4.44. The zero-order valence-corrected chi connectivity index (χ0v) is 18.0. The zero-order chi connectivity index (χ0) is 20.0. The summed E-state index contributed by atoms with van der Waals surface area (Å²) in [5.74, 6) is -1.27. The van der Waals surface area contributed by atoms with Gasteiger partial charge in [0.15, 0.2) is 5.78 Å². The molecule has 0 saturated carbocycles. The lowest BCUT2D eigenvalue weighted by Crippen LogP contribution is -2.22. The summed E-state index contributed by atoms with van der Waals surface area (Å²) < 4.78 is 2.54. The predicted molar refractivity (Wildman–Crippen MR) is 111 cm³/mol. The number of thiazole rings is 1. The SMILES string of the molecule is O=C1N=c2ccc(Br)cc2=C1c1sc(=O)n(CC(=O)c2ccc(Br)cc2)c1O. The quantitative estimate of drug-likeness (QED) is 0.534. The van der Waals surface area contributed by atoms with E-state index in [1.165, 1.54) is 0 Å². The number of aromatic hydroxyl groups is 1. The molecule has 6 nitrogen and oxygen atoms in total. The Hall–Kier alpha value is -2.36. The van der Waals surface area contributed by atoms with Crippen LogP contribution in [-0.4, -0.2) is 21.4 Å². The molecule has 0 bridgehead atoms. The summed E-state index contributed by atoms with van der Waals surface area (Å²) in [7, 11) is 0. The third-order valence-electron chi connectivity index (χ3n) is 4.23. The molecule has 0 atom stereocenters. The minimum absolute atomic E-state index is 0.110. The third kappa shape index (κ3) is 3.30. The predicted octanol–water partition coefficient (Wildman–Crippen LogP) is 2.38. The molecule has 2 aromatic carbocycles. The average Bonchev–Trinajstić information content (AvgIpc) is 3.11. The van der Waals surface area contributed by atoms with Crippen LogP contribution in [0.5, 0.6) is 5.88 Å². The van der Waals surface area contributed by atoms with Crippen molar-refractivity contribution in [1.82, 2.24) is 4.57 Å². The number of hydrogen-bond donors (Lipinski definition) is 1. The average molecular weight is 522 g/mol. The van der Waals surface area contributed by atoms with Crippen molar-refractivity contribution >= 4 is 60.5 Å². The molecule has 0 fully saturated rings. The minimum Gasteiger partial charge on any atom is -0.493 e. The van der Waals surface area contributed by atoms with E-state index in [1.807, 2.05) is 0 Å². The lowest BCUT2D eigenvalue weighted by molar-refractivity contribution is -0.112. The van der Waals surface area contributed by atoms with Crippen LogP contribution < -0.4 is 15.4 Å². The van der Waals surface area contributed by atoms with Crippen LogP contribution in [0.4, 0.5) is 0 Å². The highest BCUT2D eigenvalue weighted by molar-refractivity contribution is 9.10. The second-order valence-corrected chi connectivity index (χ2v) is 8.78. The highest BCUT2D eigenvalue weighted by Gasteiger charge is 2.27. The minimum atomic E-state index is -0.531. The molecule has 2 heterocycles. The normalized spacial score (nSPS) is 12.8. The van der Waals surface area contributed by atoms with Gasteiger partial charge in [0.25, 0.3) is 5.91 Å². The third-order valence-corrected chi connectivity index (χ3v) is 6.24. The number of nitrogens with zero attached hydrogens (tertiary/aromatic N) is 2. The fraction of sp³-hybridized carbons (Fsp3) is 0.0526. The van der Waals surface area contributed by atoms with Crippen molar-refractivity contribution in [2.24, 2.45) is 4.99 Å². The van der Waals surface area contributed by atoms with Gasteiger partial charge in [-0.25, -0.2) is 4.99 Å². The van der Waals surface area contributed by atoms with Gasteiger partial charge in [0, 0.05) is 19.7 Å². The van der Waals surface area contributed by atoms with Crippen molar-refractivity contribution in [3.05, 3.63) is 82.1 Å². The van der Waals surface area contributed by atoms with Gasteiger partial charge < -0.3 is 5.11 Å². The molecule has 4 rings (SSSR count). The lowest BCUT2D eigenvalue weighted by Gasteiger charge is -2.04. The summed E-state index contributed by atoms with van der Waals surface area (Å²) in [5, 5.41) is 11.6. The van der Waals surface area contributed by atoms with E-state index in [0.29, 0.717) is 27.5 Å².